The van der Waals surface area contributed by atoms with Gasteiger partial charge in [-0.15, -0.1) is 0 Å². The monoisotopic (exact) mass is 385 g/mol. The summed E-state index contributed by atoms with van der Waals surface area (Å²) in [5, 5.41) is 11.8. The molecule has 2 fully saturated rings. The SMILES string of the molecule is O=C(O)C1CCN(C(=O)Nc2cc(F)c(Cl)cc2N2CCOCC2)CC1. The number of carboxylic acid groups (broad SMARTS) is 1. The van der Waals surface area contributed by atoms with Crippen LogP contribution in [0.15, 0.2) is 12.1 Å². The molecule has 7 nitrogen and oxygen atoms in total. The predicted octanol–water partition coefficient (Wildman–Crippen LogP) is 2.64. The lowest BCUT2D eigenvalue weighted by atomic mass is 9.97. The number of carbonyl (C=O) groups is 2. The Kier molecular flexibility index (Phi) is 5.83. The highest BCUT2D eigenvalue weighted by Crippen LogP contribution is 2.32. The fraction of sp³-hybridized carbons (Fsp3) is 0.529. The van der Waals surface area contributed by atoms with Gasteiger partial charge in [0.05, 0.1) is 35.5 Å². The average molecular weight is 386 g/mol. The first-order valence-corrected chi connectivity index (χ1v) is 8.94. The molecule has 0 spiro atoms. The van der Waals surface area contributed by atoms with E-state index in [1.807, 2.05) is 4.90 Å². The predicted molar refractivity (Wildman–Crippen MR) is 95.4 cm³/mol. The largest absolute Gasteiger partial charge is 0.481 e. The lowest BCUT2D eigenvalue weighted by molar-refractivity contribution is -0.143. The number of anilines is 2. The second-order valence-electron chi connectivity index (χ2n) is 6.41. The van der Waals surface area contributed by atoms with Crippen molar-refractivity contribution in [1.29, 1.82) is 0 Å². The van der Waals surface area contributed by atoms with Crippen LogP contribution < -0.4 is 10.2 Å². The van der Waals surface area contributed by atoms with Crippen LogP contribution in [0, 0.1) is 11.7 Å². The van der Waals surface area contributed by atoms with Gasteiger partial charge in [0.25, 0.3) is 0 Å². The maximum Gasteiger partial charge on any atom is 0.321 e. The minimum absolute atomic E-state index is 0.00763. The van der Waals surface area contributed by atoms with Crippen LogP contribution in [-0.2, 0) is 9.53 Å². The third-order valence-electron chi connectivity index (χ3n) is 4.76. The highest BCUT2D eigenvalue weighted by molar-refractivity contribution is 6.31. The van der Waals surface area contributed by atoms with Crippen LogP contribution in [-0.4, -0.2) is 61.4 Å². The summed E-state index contributed by atoms with van der Waals surface area (Å²) >= 11 is 5.92. The Bertz CT molecular complexity index is 689. The summed E-state index contributed by atoms with van der Waals surface area (Å²) in [7, 11) is 0. The Labute approximate surface area is 155 Å². The molecule has 2 aliphatic rings. The molecule has 1 aromatic rings. The van der Waals surface area contributed by atoms with E-state index in [0.717, 1.165) is 0 Å². The van der Waals surface area contributed by atoms with Gasteiger partial charge >= 0.3 is 12.0 Å². The van der Waals surface area contributed by atoms with E-state index in [2.05, 4.69) is 5.32 Å². The second-order valence-corrected chi connectivity index (χ2v) is 6.82. The number of rotatable bonds is 3. The maximum absolute atomic E-state index is 14.0. The van der Waals surface area contributed by atoms with Gasteiger partial charge in [-0.05, 0) is 18.9 Å². The molecule has 0 radical (unpaired) electrons. The Hall–Kier alpha value is -2.06. The number of piperidine rings is 1. The number of amides is 2. The van der Waals surface area contributed by atoms with Crippen molar-refractivity contribution in [3.8, 4) is 0 Å². The Morgan fingerprint density at radius 1 is 1.19 bits per heavy atom. The van der Waals surface area contributed by atoms with Crippen molar-refractivity contribution < 1.29 is 23.8 Å². The first-order chi connectivity index (χ1) is 12.5. The molecule has 26 heavy (non-hydrogen) atoms. The van der Waals surface area contributed by atoms with Crippen molar-refractivity contribution >= 4 is 35.0 Å². The van der Waals surface area contributed by atoms with E-state index in [1.165, 1.54) is 12.1 Å². The third-order valence-corrected chi connectivity index (χ3v) is 5.05. The third kappa shape index (κ3) is 4.19. The van der Waals surface area contributed by atoms with E-state index >= 15 is 0 Å². The van der Waals surface area contributed by atoms with Crippen LogP contribution in [0.3, 0.4) is 0 Å². The van der Waals surface area contributed by atoms with Crippen LogP contribution in [0.4, 0.5) is 20.6 Å². The average Bonchev–Trinajstić information content (AvgIpc) is 2.65. The minimum Gasteiger partial charge on any atom is -0.481 e. The lowest BCUT2D eigenvalue weighted by Gasteiger charge is -2.33. The van der Waals surface area contributed by atoms with Gasteiger partial charge in [-0.25, -0.2) is 9.18 Å². The van der Waals surface area contributed by atoms with Crippen molar-refractivity contribution in [2.45, 2.75) is 12.8 Å². The van der Waals surface area contributed by atoms with Crippen molar-refractivity contribution in [1.82, 2.24) is 4.90 Å². The standard InChI is InChI=1S/C17H21ClFN3O4/c18-12-9-15(21-5-7-26-8-6-21)14(10-13(12)19)20-17(25)22-3-1-11(2-4-22)16(23)24/h9-11H,1-8H2,(H,20,25)(H,23,24). The van der Waals surface area contributed by atoms with Gasteiger partial charge < -0.3 is 25.0 Å². The molecule has 2 aliphatic heterocycles. The molecule has 0 unspecified atom stereocenters. The molecular weight excluding hydrogens is 365 g/mol. The fourth-order valence-electron chi connectivity index (χ4n) is 3.23. The number of benzene rings is 1. The molecule has 2 N–H and O–H groups in total. The zero-order valence-electron chi connectivity index (χ0n) is 14.2. The first-order valence-electron chi connectivity index (χ1n) is 8.56. The van der Waals surface area contributed by atoms with Crippen LogP contribution in [0.5, 0.6) is 0 Å². The molecule has 0 bridgehead atoms. The number of carbonyl (C=O) groups excluding carboxylic acids is 1. The Balaban J connectivity index is 1.73. The molecular formula is C17H21ClFN3O4. The van der Waals surface area contributed by atoms with E-state index in [-0.39, 0.29) is 11.1 Å². The van der Waals surface area contributed by atoms with E-state index in [0.29, 0.717) is 63.6 Å². The minimum atomic E-state index is -0.834. The van der Waals surface area contributed by atoms with Crippen LogP contribution >= 0.6 is 11.6 Å². The van der Waals surface area contributed by atoms with E-state index in [4.69, 9.17) is 21.4 Å². The van der Waals surface area contributed by atoms with Gasteiger partial charge in [-0.2, -0.15) is 0 Å². The van der Waals surface area contributed by atoms with Gasteiger partial charge in [0.2, 0.25) is 0 Å². The number of urea groups is 1. The quantitative estimate of drug-likeness (QED) is 0.835. The molecule has 142 valence electrons. The molecule has 2 amide bonds. The molecule has 1 aromatic carbocycles. The summed E-state index contributed by atoms with van der Waals surface area (Å²) in [6, 6.07) is 2.36. The van der Waals surface area contributed by atoms with Gasteiger partial charge in [0.15, 0.2) is 0 Å². The number of nitrogens with one attached hydrogen (secondary N) is 1. The van der Waals surface area contributed by atoms with E-state index in [1.54, 1.807) is 4.90 Å². The van der Waals surface area contributed by atoms with Crippen molar-refractivity contribution in [2.24, 2.45) is 5.92 Å². The number of carboxylic acids is 1. The number of halogens is 2. The van der Waals surface area contributed by atoms with Crippen LogP contribution in [0.1, 0.15) is 12.8 Å². The first kappa shape index (κ1) is 18.7. The summed E-state index contributed by atoms with van der Waals surface area (Å²) < 4.78 is 19.3. The smallest absolute Gasteiger partial charge is 0.321 e. The van der Waals surface area contributed by atoms with Gasteiger partial charge in [0, 0.05) is 32.2 Å². The zero-order chi connectivity index (χ0) is 18.7. The van der Waals surface area contributed by atoms with Crippen molar-refractivity contribution in [3.05, 3.63) is 23.0 Å². The normalized spacial score (nSPS) is 18.7. The van der Waals surface area contributed by atoms with Gasteiger partial charge in [-0.3, -0.25) is 4.79 Å². The molecule has 0 aromatic heterocycles. The van der Waals surface area contributed by atoms with E-state index in [9.17, 15) is 14.0 Å². The number of hydrogen-bond donors (Lipinski definition) is 2. The van der Waals surface area contributed by atoms with Crippen molar-refractivity contribution in [3.63, 3.8) is 0 Å². The second kappa shape index (κ2) is 8.09. The summed E-state index contributed by atoms with van der Waals surface area (Å²) in [6.07, 6.45) is 0.822. The van der Waals surface area contributed by atoms with Crippen molar-refractivity contribution in [2.75, 3.05) is 49.6 Å². The topological polar surface area (TPSA) is 82.1 Å². The van der Waals surface area contributed by atoms with Gasteiger partial charge in [-0.1, -0.05) is 11.6 Å². The molecule has 9 heteroatoms. The molecule has 3 rings (SSSR count). The molecule has 2 heterocycles. The van der Waals surface area contributed by atoms with Crippen LogP contribution in [0.2, 0.25) is 5.02 Å². The molecule has 0 aliphatic carbocycles. The number of ether oxygens (including phenoxy) is 1. The highest BCUT2D eigenvalue weighted by atomic mass is 35.5. The summed E-state index contributed by atoms with van der Waals surface area (Å²) in [4.78, 5) is 27.1. The number of hydrogen-bond acceptors (Lipinski definition) is 4. The number of morpholine rings is 1. The maximum atomic E-state index is 14.0. The number of aliphatic carboxylic acids is 1. The Morgan fingerprint density at radius 3 is 2.46 bits per heavy atom. The number of likely N-dealkylation sites (tertiary alicyclic amines) is 1. The molecule has 2 saturated heterocycles. The fourth-order valence-corrected chi connectivity index (χ4v) is 3.38. The number of nitrogens with zero attached hydrogens (tertiary/aromatic N) is 2. The zero-order valence-corrected chi connectivity index (χ0v) is 15.0. The molecule has 0 atom stereocenters. The lowest BCUT2D eigenvalue weighted by Crippen LogP contribution is -2.43. The summed E-state index contributed by atoms with van der Waals surface area (Å²) in [6.45, 7) is 3.04. The Morgan fingerprint density at radius 2 is 1.85 bits per heavy atom. The van der Waals surface area contributed by atoms with Crippen LogP contribution in [0.25, 0.3) is 0 Å². The molecule has 0 saturated carbocycles. The summed E-state index contributed by atoms with van der Waals surface area (Å²) in [5.74, 6) is -1.86. The highest BCUT2D eigenvalue weighted by Gasteiger charge is 2.28. The van der Waals surface area contributed by atoms with E-state index < -0.39 is 17.7 Å². The summed E-state index contributed by atoms with van der Waals surface area (Å²) in [5.41, 5.74) is 0.993. The van der Waals surface area contributed by atoms with Gasteiger partial charge in [0.1, 0.15) is 5.82 Å².